The highest BCUT2D eigenvalue weighted by atomic mass is 19.4. The standard InChI is InChI=1S/C16H15F3N2O4/c1-21-13(22)9-10(14(21)23)12(15(24)25-2)20-11(9)7-5-3-4-6-8(7)16(17,18)19/h3-6,9-12,20H,1-2H3/t9-,10+,11-,12-/m0/s1. The molecule has 0 spiro atoms. The van der Waals surface area contributed by atoms with Gasteiger partial charge in [-0.2, -0.15) is 13.2 Å². The van der Waals surface area contributed by atoms with Crippen LogP contribution in [0.15, 0.2) is 24.3 Å². The number of alkyl halides is 3. The zero-order valence-corrected chi connectivity index (χ0v) is 13.3. The number of benzene rings is 1. The number of methoxy groups -OCH3 is 1. The van der Waals surface area contributed by atoms with E-state index in [1.54, 1.807) is 0 Å². The molecule has 0 unspecified atom stereocenters. The summed E-state index contributed by atoms with van der Waals surface area (Å²) in [6.07, 6.45) is -4.63. The lowest BCUT2D eigenvalue weighted by Crippen LogP contribution is -2.42. The number of likely N-dealkylation sites (tertiary alicyclic amines) is 1. The van der Waals surface area contributed by atoms with Crippen LogP contribution >= 0.6 is 0 Å². The third kappa shape index (κ3) is 2.58. The summed E-state index contributed by atoms with van der Waals surface area (Å²) in [5, 5.41) is 2.71. The number of nitrogens with zero attached hydrogens (tertiary/aromatic N) is 1. The van der Waals surface area contributed by atoms with E-state index in [2.05, 4.69) is 10.1 Å². The van der Waals surface area contributed by atoms with E-state index in [1.807, 2.05) is 0 Å². The van der Waals surface area contributed by atoms with Crippen LogP contribution in [0.5, 0.6) is 0 Å². The van der Waals surface area contributed by atoms with Crippen molar-refractivity contribution in [3.63, 3.8) is 0 Å². The Kier molecular flexibility index (Phi) is 4.06. The Hall–Kier alpha value is -2.42. The van der Waals surface area contributed by atoms with Crippen molar-refractivity contribution in [2.24, 2.45) is 11.8 Å². The number of carbonyl (C=O) groups is 3. The van der Waals surface area contributed by atoms with Crippen LogP contribution in [0.1, 0.15) is 17.2 Å². The summed E-state index contributed by atoms with van der Waals surface area (Å²) in [4.78, 5) is 37.6. The Bertz CT molecular complexity index is 749. The fourth-order valence-corrected chi connectivity index (χ4v) is 3.61. The molecule has 2 fully saturated rings. The quantitative estimate of drug-likeness (QED) is 0.635. The Morgan fingerprint density at radius 3 is 2.36 bits per heavy atom. The van der Waals surface area contributed by atoms with Gasteiger partial charge in [0.05, 0.1) is 24.5 Å². The highest BCUT2D eigenvalue weighted by Gasteiger charge is 2.61. The highest BCUT2D eigenvalue weighted by Crippen LogP contribution is 2.46. The summed E-state index contributed by atoms with van der Waals surface area (Å²) in [5.41, 5.74) is -1.08. The van der Waals surface area contributed by atoms with E-state index in [1.165, 1.54) is 25.2 Å². The van der Waals surface area contributed by atoms with Gasteiger partial charge in [0, 0.05) is 13.1 Å². The van der Waals surface area contributed by atoms with Crippen LogP contribution < -0.4 is 5.32 Å². The number of fused-ring (bicyclic) bond motifs is 1. The topological polar surface area (TPSA) is 75.7 Å². The fourth-order valence-electron chi connectivity index (χ4n) is 3.61. The Labute approximate surface area is 140 Å². The number of nitrogens with one attached hydrogen (secondary N) is 1. The second-order valence-corrected chi connectivity index (χ2v) is 6.02. The molecule has 0 aromatic heterocycles. The Balaban J connectivity index is 2.11. The van der Waals surface area contributed by atoms with E-state index in [9.17, 15) is 27.6 Å². The number of amides is 2. The van der Waals surface area contributed by atoms with E-state index in [4.69, 9.17) is 0 Å². The van der Waals surface area contributed by atoms with E-state index >= 15 is 0 Å². The van der Waals surface area contributed by atoms with E-state index in [0.717, 1.165) is 18.1 Å². The molecule has 4 atom stereocenters. The predicted molar refractivity (Wildman–Crippen MR) is 77.9 cm³/mol. The van der Waals surface area contributed by atoms with Crippen molar-refractivity contribution in [2.45, 2.75) is 18.3 Å². The third-order valence-corrected chi connectivity index (χ3v) is 4.75. The summed E-state index contributed by atoms with van der Waals surface area (Å²) in [6, 6.07) is 2.51. The van der Waals surface area contributed by atoms with E-state index in [-0.39, 0.29) is 5.56 Å². The van der Waals surface area contributed by atoms with Gasteiger partial charge in [0.25, 0.3) is 0 Å². The van der Waals surface area contributed by atoms with E-state index in [0.29, 0.717) is 0 Å². The average molecular weight is 356 g/mol. The molecule has 2 aliphatic rings. The van der Waals surface area contributed by atoms with Crippen molar-refractivity contribution in [2.75, 3.05) is 14.2 Å². The molecular weight excluding hydrogens is 341 g/mol. The zero-order chi connectivity index (χ0) is 18.5. The summed E-state index contributed by atoms with van der Waals surface area (Å²) in [7, 11) is 2.37. The summed E-state index contributed by atoms with van der Waals surface area (Å²) in [5.74, 6) is -4.19. The van der Waals surface area contributed by atoms with Crippen molar-refractivity contribution in [3.8, 4) is 0 Å². The van der Waals surface area contributed by atoms with Crippen LogP contribution in [-0.4, -0.2) is 42.9 Å². The van der Waals surface area contributed by atoms with Crippen molar-refractivity contribution in [1.82, 2.24) is 10.2 Å². The van der Waals surface area contributed by atoms with Crippen LogP contribution in [0.2, 0.25) is 0 Å². The molecular formula is C16H15F3N2O4. The van der Waals surface area contributed by atoms with Crippen molar-refractivity contribution in [1.29, 1.82) is 0 Å². The Morgan fingerprint density at radius 2 is 1.76 bits per heavy atom. The molecule has 0 radical (unpaired) electrons. The normalized spacial score (nSPS) is 29.1. The average Bonchev–Trinajstić information content (AvgIpc) is 3.07. The van der Waals surface area contributed by atoms with Gasteiger partial charge in [-0.25, -0.2) is 0 Å². The number of hydrogen-bond acceptors (Lipinski definition) is 5. The molecule has 6 nitrogen and oxygen atoms in total. The molecule has 2 amide bonds. The van der Waals surface area contributed by atoms with Crippen LogP contribution in [0.25, 0.3) is 0 Å². The largest absolute Gasteiger partial charge is 0.468 e. The minimum atomic E-state index is -4.63. The van der Waals surface area contributed by atoms with E-state index < -0.39 is 53.4 Å². The smallest absolute Gasteiger partial charge is 0.416 e. The first-order valence-corrected chi connectivity index (χ1v) is 7.50. The minimum absolute atomic E-state index is 0.173. The van der Waals surface area contributed by atoms with Crippen LogP contribution in [-0.2, 0) is 25.3 Å². The summed E-state index contributed by atoms with van der Waals surface area (Å²) < 4.78 is 44.6. The summed E-state index contributed by atoms with van der Waals surface area (Å²) >= 11 is 0. The first kappa shape index (κ1) is 17.4. The highest BCUT2D eigenvalue weighted by molar-refractivity contribution is 6.08. The number of hydrogen-bond donors (Lipinski definition) is 1. The number of imide groups is 1. The first-order valence-electron chi connectivity index (χ1n) is 7.50. The monoisotopic (exact) mass is 356 g/mol. The number of esters is 1. The van der Waals surface area contributed by atoms with Crippen LogP contribution in [0.4, 0.5) is 13.2 Å². The van der Waals surface area contributed by atoms with Gasteiger partial charge in [-0.1, -0.05) is 18.2 Å². The molecule has 25 heavy (non-hydrogen) atoms. The van der Waals surface area contributed by atoms with Gasteiger partial charge in [0.1, 0.15) is 6.04 Å². The molecule has 9 heteroatoms. The van der Waals surface area contributed by atoms with Gasteiger partial charge >= 0.3 is 12.1 Å². The molecule has 1 aromatic carbocycles. The molecule has 2 heterocycles. The third-order valence-electron chi connectivity index (χ3n) is 4.75. The van der Waals surface area contributed by atoms with Gasteiger partial charge in [0.15, 0.2) is 0 Å². The van der Waals surface area contributed by atoms with Crippen LogP contribution in [0.3, 0.4) is 0 Å². The van der Waals surface area contributed by atoms with Crippen molar-refractivity contribution in [3.05, 3.63) is 35.4 Å². The van der Waals surface area contributed by atoms with Gasteiger partial charge in [-0.3, -0.25) is 24.6 Å². The van der Waals surface area contributed by atoms with Gasteiger partial charge in [0.2, 0.25) is 11.8 Å². The maximum Gasteiger partial charge on any atom is 0.416 e. The van der Waals surface area contributed by atoms with Gasteiger partial charge in [-0.15, -0.1) is 0 Å². The predicted octanol–water partition coefficient (Wildman–Crippen LogP) is 1.12. The molecule has 0 aliphatic carbocycles. The SMILES string of the molecule is COC(=O)[C@H]1N[C@@H](c2ccccc2C(F)(F)F)[C@H]2C(=O)N(C)C(=O)[C@H]21. The Morgan fingerprint density at radius 1 is 1.16 bits per heavy atom. The lowest BCUT2D eigenvalue weighted by atomic mass is 9.85. The van der Waals surface area contributed by atoms with Crippen molar-refractivity contribution >= 4 is 17.8 Å². The number of ether oxygens (including phenoxy) is 1. The number of halogens is 3. The lowest BCUT2D eigenvalue weighted by molar-refractivity contribution is -0.147. The van der Waals surface area contributed by atoms with Crippen LogP contribution in [0, 0.1) is 11.8 Å². The fraction of sp³-hybridized carbons (Fsp3) is 0.438. The molecule has 134 valence electrons. The molecule has 0 bridgehead atoms. The molecule has 2 aliphatic heterocycles. The summed E-state index contributed by atoms with van der Waals surface area (Å²) in [6.45, 7) is 0. The molecule has 2 saturated heterocycles. The van der Waals surface area contributed by atoms with Gasteiger partial charge < -0.3 is 4.74 Å². The minimum Gasteiger partial charge on any atom is -0.468 e. The first-order chi connectivity index (χ1) is 11.7. The molecule has 1 aromatic rings. The number of carbonyl (C=O) groups excluding carboxylic acids is 3. The number of rotatable bonds is 2. The maximum absolute atomic E-state index is 13.3. The van der Waals surface area contributed by atoms with Gasteiger partial charge in [-0.05, 0) is 11.6 Å². The molecule has 3 rings (SSSR count). The molecule has 0 saturated carbocycles. The zero-order valence-electron chi connectivity index (χ0n) is 13.3. The second-order valence-electron chi connectivity index (χ2n) is 6.02. The molecule has 1 N–H and O–H groups in total. The van der Waals surface area contributed by atoms with Crippen molar-refractivity contribution < 1.29 is 32.3 Å². The lowest BCUT2D eigenvalue weighted by Gasteiger charge is -2.22. The second kappa shape index (κ2) is 5.83. The maximum atomic E-state index is 13.3.